The molecule has 1 aromatic rings. The van der Waals surface area contributed by atoms with Gasteiger partial charge in [-0.3, -0.25) is 0 Å². The Hall–Kier alpha value is -2.11. The molecule has 1 N–H and O–H groups in total. The van der Waals surface area contributed by atoms with Crippen LogP contribution in [0.4, 0.5) is 10.5 Å². The SMILES string of the molecule is CCOc1cc(NC(=O)N(CC)CC)cc(OCC)c1OCC. The molecule has 1 rings (SSSR count). The van der Waals surface area contributed by atoms with Crippen LogP contribution in [-0.2, 0) is 0 Å². The molecule has 6 nitrogen and oxygen atoms in total. The van der Waals surface area contributed by atoms with Gasteiger partial charge in [-0.1, -0.05) is 0 Å². The summed E-state index contributed by atoms with van der Waals surface area (Å²) in [4.78, 5) is 13.9. The van der Waals surface area contributed by atoms with E-state index in [0.717, 1.165) is 0 Å². The molecule has 0 saturated heterocycles. The summed E-state index contributed by atoms with van der Waals surface area (Å²) in [7, 11) is 0. The Morgan fingerprint density at radius 1 is 0.913 bits per heavy atom. The summed E-state index contributed by atoms with van der Waals surface area (Å²) in [6, 6.07) is 3.38. The second kappa shape index (κ2) is 9.82. The Morgan fingerprint density at radius 2 is 1.39 bits per heavy atom. The summed E-state index contributed by atoms with van der Waals surface area (Å²) in [5.74, 6) is 1.70. The minimum Gasteiger partial charge on any atom is -0.490 e. The first kappa shape index (κ1) is 18.9. The highest BCUT2D eigenvalue weighted by molar-refractivity contribution is 5.90. The van der Waals surface area contributed by atoms with E-state index in [4.69, 9.17) is 14.2 Å². The fourth-order valence-electron chi connectivity index (χ4n) is 2.17. The van der Waals surface area contributed by atoms with Crippen LogP contribution in [0.5, 0.6) is 17.2 Å². The van der Waals surface area contributed by atoms with Gasteiger partial charge in [0.2, 0.25) is 5.75 Å². The van der Waals surface area contributed by atoms with Crippen molar-refractivity contribution in [3.63, 3.8) is 0 Å². The Labute approximate surface area is 138 Å². The molecule has 0 radical (unpaired) electrons. The maximum atomic E-state index is 12.2. The maximum absolute atomic E-state index is 12.2. The van der Waals surface area contributed by atoms with Crippen LogP contribution in [0.25, 0.3) is 0 Å². The van der Waals surface area contributed by atoms with E-state index in [9.17, 15) is 4.79 Å². The minimum atomic E-state index is -0.149. The van der Waals surface area contributed by atoms with Crippen LogP contribution < -0.4 is 19.5 Å². The van der Waals surface area contributed by atoms with E-state index in [1.165, 1.54) is 0 Å². The molecule has 0 fully saturated rings. The third-order valence-corrected chi connectivity index (χ3v) is 3.21. The van der Waals surface area contributed by atoms with Crippen molar-refractivity contribution in [3.8, 4) is 17.2 Å². The molecule has 130 valence electrons. The molecule has 0 spiro atoms. The molecule has 0 aromatic heterocycles. The maximum Gasteiger partial charge on any atom is 0.321 e. The number of ether oxygens (including phenoxy) is 3. The Morgan fingerprint density at radius 3 is 1.78 bits per heavy atom. The molecule has 23 heavy (non-hydrogen) atoms. The van der Waals surface area contributed by atoms with Crippen molar-refractivity contribution in [2.45, 2.75) is 34.6 Å². The molecule has 2 amide bonds. The van der Waals surface area contributed by atoms with E-state index in [2.05, 4.69) is 5.32 Å². The van der Waals surface area contributed by atoms with Crippen molar-refractivity contribution in [2.24, 2.45) is 0 Å². The van der Waals surface area contributed by atoms with E-state index in [-0.39, 0.29) is 6.03 Å². The first-order chi connectivity index (χ1) is 11.1. The minimum absolute atomic E-state index is 0.149. The fraction of sp³-hybridized carbons (Fsp3) is 0.588. The number of benzene rings is 1. The number of rotatable bonds is 9. The molecule has 1 aromatic carbocycles. The zero-order chi connectivity index (χ0) is 17.2. The highest BCUT2D eigenvalue weighted by atomic mass is 16.5. The normalized spacial score (nSPS) is 10.1. The molecule has 6 heteroatoms. The molecule has 0 aliphatic carbocycles. The second-order valence-corrected chi connectivity index (χ2v) is 4.70. The summed E-state index contributed by atoms with van der Waals surface area (Å²) in [5, 5.41) is 2.88. The highest BCUT2D eigenvalue weighted by Gasteiger charge is 2.17. The largest absolute Gasteiger partial charge is 0.490 e. The number of urea groups is 1. The van der Waals surface area contributed by atoms with Gasteiger partial charge in [-0.05, 0) is 34.6 Å². The number of nitrogens with one attached hydrogen (secondary N) is 1. The van der Waals surface area contributed by atoms with Crippen LogP contribution in [-0.4, -0.2) is 43.8 Å². The molecular weight excluding hydrogens is 296 g/mol. The summed E-state index contributed by atoms with van der Waals surface area (Å²) >= 11 is 0. The molecule has 0 atom stereocenters. The predicted octanol–water partition coefficient (Wildman–Crippen LogP) is 3.76. The Kier molecular flexibility index (Phi) is 8.08. The smallest absolute Gasteiger partial charge is 0.321 e. The molecule has 0 aliphatic rings. The van der Waals surface area contributed by atoms with E-state index >= 15 is 0 Å². The first-order valence-electron chi connectivity index (χ1n) is 8.23. The average Bonchev–Trinajstić information content (AvgIpc) is 2.52. The summed E-state index contributed by atoms with van der Waals surface area (Å²) < 4.78 is 16.9. The third kappa shape index (κ3) is 5.23. The second-order valence-electron chi connectivity index (χ2n) is 4.70. The van der Waals surface area contributed by atoms with Crippen molar-refractivity contribution in [3.05, 3.63) is 12.1 Å². The van der Waals surface area contributed by atoms with Crippen molar-refractivity contribution >= 4 is 11.7 Å². The lowest BCUT2D eigenvalue weighted by atomic mass is 10.2. The lowest BCUT2D eigenvalue weighted by Gasteiger charge is -2.21. The Bertz CT molecular complexity index is 474. The molecule has 0 bridgehead atoms. The summed E-state index contributed by atoms with van der Waals surface area (Å²) in [5.41, 5.74) is 0.622. The van der Waals surface area contributed by atoms with Gasteiger partial charge in [0.15, 0.2) is 11.5 Å². The fourth-order valence-corrected chi connectivity index (χ4v) is 2.17. The molecule has 0 aliphatic heterocycles. The number of anilines is 1. The van der Waals surface area contributed by atoms with Crippen LogP contribution in [0, 0.1) is 0 Å². The molecule has 0 heterocycles. The van der Waals surface area contributed by atoms with Crippen molar-refractivity contribution < 1.29 is 19.0 Å². The van der Waals surface area contributed by atoms with Gasteiger partial charge in [0, 0.05) is 25.2 Å². The van der Waals surface area contributed by atoms with E-state index < -0.39 is 0 Å². The van der Waals surface area contributed by atoms with E-state index in [1.54, 1.807) is 17.0 Å². The zero-order valence-electron chi connectivity index (χ0n) is 14.8. The van der Waals surface area contributed by atoms with Gasteiger partial charge >= 0.3 is 6.03 Å². The Balaban J connectivity index is 3.14. The lowest BCUT2D eigenvalue weighted by Crippen LogP contribution is -2.34. The molecule has 0 unspecified atom stereocenters. The summed E-state index contributed by atoms with van der Waals surface area (Å²) in [6.45, 7) is 12.4. The lowest BCUT2D eigenvalue weighted by molar-refractivity contribution is 0.217. The molecule has 0 saturated carbocycles. The zero-order valence-corrected chi connectivity index (χ0v) is 14.8. The topological polar surface area (TPSA) is 60.0 Å². The van der Waals surface area contributed by atoms with E-state index in [0.29, 0.717) is 55.8 Å². The highest BCUT2D eigenvalue weighted by Crippen LogP contribution is 2.40. The van der Waals surface area contributed by atoms with Gasteiger partial charge in [-0.25, -0.2) is 4.79 Å². The van der Waals surface area contributed by atoms with Crippen molar-refractivity contribution in [1.82, 2.24) is 4.90 Å². The van der Waals surface area contributed by atoms with Crippen LogP contribution in [0.15, 0.2) is 12.1 Å². The standard InChI is InChI=1S/C17H28N2O4/c1-6-19(7-2)17(20)18-13-11-14(21-8-3)16(23-10-5)15(12-13)22-9-4/h11-12H,6-10H2,1-5H3,(H,18,20). The van der Waals surface area contributed by atoms with Gasteiger partial charge < -0.3 is 24.4 Å². The van der Waals surface area contributed by atoms with Crippen molar-refractivity contribution in [2.75, 3.05) is 38.2 Å². The van der Waals surface area contributed by atoms with Crippen molar-refractivity contribution in [1.29, 1.82) is 0 Å². The number of hydrogen-bond acceptors (Lipinski definition) is 4. The van der Waals surface area contributed by atoms with E-state index in [1.807, 2.05) is 34.6 Å². The van der Waals surface area contributed by atoms with Crippen LogP contribution in [0.2, 0.25) is 0 Å². The number of hydrogen-bond donors (Lipinski definition) is 1. The first-order valence-corrected chi connectivity index (χ1v) is 8.23. The third-order valence-electron chi connectivity index (χ3n) is 3.21. The van der Waals surface area contributed by atoms with Crippen LogP contribution >= 0.6 is 0 Å². The van der Waals surface area contributed by atoms with Gasteiger partial charge in [-0.2, -0.15) is 0 Å². The van der Waals surface area contributed by atoms with Crippen LogP contribution in [0.3, 0.4) is 0 Å². The van der Waals surface area contributed by atoms with Gasteiger partial charge in [0.25, 0.3) is 0 Å². The quantitative estimate of drug-likeness (QED) is 0.751. The number of carbonyl (C=O) groups excluding carboxylic acids is 1. The number of amides is 2. The molecular formula is C17H28N2O4. The monoisotopic (exact) mass is 324 g/mol. The van der Waals surface area contributed by atoms with Gasteiger partial charge in [-0.15, -0.1) is 0 Å². The van der Waals surface area contributed by atoms with Gasteiger partial charge in [0.1, 0.15) is 0 Å². The number of nitrogens with zero attached hydrogens (tertiary/aromatic N) is 1. The van der Waals surface area contributed by atoms with Gasteiger partial charge in [0.05, 0.1) is 25.5 Å². The predicted molar refractivity (Wildman–Crippen MR) is 91.9 cm³/mol. The van der Waals surface area contributed by atoms with Crippen LogP contribution in [0.1, 0.15) is 34.6 Å². The number of carbonyl (C=O) groups is 1. The average molecular weight is 324 g/mol. The summed E-state index contributed by atoms with van der Waals surface area (Å²) in [6.07, 6.45) is 0.